The van der Waals surface area contributed by atoms with Crippen molar-refractivity contribution in [3.8, 4) is 0 Å². The molecule has 1 amide bonds. The molecule has 0 aromatic heterocycles. The maximum absolute atomic E-state index is 12.1. The molecule has 0 heterocycles. The molecule has 0 bridgehead atoms. The van der Waals surface area contributed by atoms with E-state index in [0.717, 1.165) is 25.2 Å². The van der Waals surface area contributed by atoms with Crippen LogP contribution in [-0.2, 0) is 11.2 Å². The molecule has 1 aromatic rings. The van der Waals surface area contributed by atoms with Gasteiger partial charge in [0, 0.05) is 6.04 Å². The van der Waals surface area contributed by atoms with Gasteiger partial charge in [-0.05, 0) is 50.0 Å². The standard InChI is InChI=1S/C18H28N2O/c1-2-14-8-11-16(12-9-14)20-18(21)17(19)13-10-15-6-4-3-5-7-15/h3-7,14,16-17H,2,8-13,19H2,1H3,(H,20,21)/t14?,16?,17-/m0/s1. The van der Waals surface area contributed by atoms with E-state index in [1.54, 1.807) is 0 Å². The van der Waals surface area contributed by atoms with E-state index in [9.17, 15) is 4.79 Å². The van der Waals surface area contributed by atoms with E-state index in [0.29, 0.717) is 12.5 Å². The predicted molar refractivity (Wildman–Crippen MR) is 86.9 cm³/mol. The van der Waals surface area contributed by atoms with E-state index in [1.165, 1.54) is 24.8 Å². The average molecular weight is 288 g/mol. The molecular formula is C18H28N2O. The Kier molecular flexibility index (Phi) is 6.24. The summed E-state index contributed by atoms with van der Waals surface area (Å²) in [6, 6.07) is 10.1. The van der Waals surface area contributed by atoms with E-state index in [2.05, 4.69) is 24.4 Å². The molecule has 0 unspecified atom stereocenters. The van der Waals surface area contributed by atoms with Gasteiger partial charge in [-0.1, -0.05) is 43.7 Å². The largest absolute Gasteiger partial charge is 0.352 e. The Bertz CT molecular complexity index is 424. The minimum Gasteiger partial charge on any atom is -0.352 e. The molecule has 1 aliphatic rings. The highest BCUT2D eigenvalue weighted by Crippen LogP contribution is 2.26. The molecule has 1 aliphatic carbocycles. The number of carbonyl (C=O) groups excluding carboxylic acids is 1. The van der Waals surface area contributed by atoms with Crippen molar-refractivity contribution in [2.45, 2.75) is 64.0 Å². The molecule has 1 atom stereocenters. The molecule has 116 valence electrons. The minimum absolute atomic E-state index is 0.0193. The van der Waals surface area contributed by atoms with E-state index < -0.39 is 6.04 Å². The summed E-state index contributed by atoms with van der Waals surface area (Å²) >= 11 is 0. The van der Waals surface area contributed by atoms with E-state index in [4.69, 9.17) is 5.73 Å². The van der Waals surface area contributed by atoms with Crippen molar-refractivity contribution in [3.05, 3.63) is 35.9 Å². The maximum atomic E-state index is 12.1. The Balaban J connectivity index is 1.70. The van der Waals surface area contributed by atoms with Gasteiger partial charge in [0.15, 0.2) is 0 Å². The van der Waals surface area contributed by atoms with Crippen LogP contribution in [0.3, 0.4) is 0 Å². The quantitative estimate of drug-likeness (QED) is 0.845. The van der Waals surface area contributed by atoms with E-state index >= 15 is 0 Å². The van der Waals surface area contributed by atoms with Crippen LogP contribution >= 0.6 is 0 Å². The third-order valence-electron chi connectivity index (χ3n) is 4.69. The van der Waals surface area contributed by atoms with Crippen LogP contribution in [0.15, 0.2) is 30.3 Å². The van der Waals surface area contributed by atoms with Gasteiger partial charge in [-0.15, -0.1) is 0 Å². The van der Waals surface area contributed by atoms with E-state index in [1.807, 2.05) is 18.2 Å². The molecular weight excluding hydrogens is 260 g/mol. The number of hydrogen-bond acceptors (Lipinski definition) is 2. The fourth-order valence-corrected chi connectivity index (χ4v) is 3.12. The molecule has 0 aliphatic heterocycles. The van der Waals surface area contributed by atoms with Crippen LogP contribution in [0.25, 0.3) is 0 Å². The lowest BCUT2D eigenvalue weighted by molar-refractivity contribution is -0.123. The van der Waals surface area contributed by atoms with Crippen molar-refractivity contribution in [3.63, 3.8) is 0 Å². The lowest BCUT2D eigenvalue weighted by Gasteiger charge is -2.29. The number of rotatable bonds is 6. The molecule has 3 N–H and O–H groups in total. The molecule has 1 aromatic carbocycles. The summed E-state index contributed by atoms with van der Waals surface area (Å²) < 4.78 is 0. The number of aryl methyl sites for hydroxylation is 1. The molecule has 21 heavy (non-hydrogen) atoms. The summed E-state index contributed by atoms with van der Waals surface area (Å²) in [6.07, 6.45) is 7.52. The van der Waals surface area contributed by atoms with Gasteiger partial charge in [-0.25, -0.2) is 0 Å². The second-order valence-electron chi connectivity index (χ2n) is 6.27. The highest BCUT2D eigenvalue weighted by Gasteiger charge is 2.23. The molecule has 1 fully saturated rings. The van der Waals surface area contributed by atoms with Crippen LogP contribution in [0.2, 0.25) is 0 Å². The van der Waals surface area contributed by atoms with Crippen LogP contribution in [-0.4, -0.2) is 18.0 Å². The van der Waals surface area contributed by atoms with Gasteiger partial charge in [0.2, 0.25) is 5.91 Å². The van der Waals surface area contributed by atoms with Crippen molar-refractivity contribution >= 4 is 5.91 Å². The Morgan fingerprint density at radius 3 is 2.52 bits per heavy atom. The summed E-state index contributed by atoms with van der Waals surface area (Å²) in [5, 5.41) is 3.14. The third-order valence-corrected chi connectivity index (χ3v) is 4.69. The first kappa shape index (κ1) is 16.0. The first-order chi connectivity index (χ1) is 10.2. The number of carbonyl (C=O) groups is 1. The number of nitrogens with one attached hydrogen (secondary N) is 1. The fourth-order valence-electron chi connectivity index (χ4n) is 3.12. The smallest absolute Gasteiger partial charge is 0.237 e. The summed E-state index contributed by atoms with van der Waals surface area (Å²) in [5.74, 6) is 0.871. The van der Waals surface area contributed by atoms with Crippen LogP contribution < -0.4 is 11.1 Å². The fraction of sp³-hybridized carbons (Fsp3) is 0.611. The van der Waals surface area contributed by atoms with Crippen LogP contribution in [0.4, 0.5) is 0 Å². The number of hydrogen-bond donors (Lipinski definition) is 2. The lowest BCUT2D eigenvalue weighted by Crippen LogP contribution is -2.46. The zero-order chi connectivity index (χ0) is 15.1. The SMILES string of the molecule is CCC1CCC(NC(=O)[C@@H](N)CCc2ccccc2)CC1. The summed E-state index contributed by atoms with van der Waals surface area (Å²) in [7, 11) is 0. The van der Waals surface area contributed by atoms with Crippen molar-refractivity contribution in [2.75, 3.05) is 0 Å². The topological polar surface area (TPSA) is 55.1 Å². The number of benzene rings is 1. The maximum Gasteiger partial charge on any atom is 0.237 e. The highest BCUT2D eigenvalue weighted by molar-refractivity contribution is 5.81. The number of nitrogens with two attached hydrogens (primary N) is 1. The zero-order valence-corrected chi connectivity index (χ0v) is 13.1. The predicted octanol–water partition coefficient (Wildman–Crippen LogP) is 3.03. The van der Waals surface area contributed by atoms with Gasteiger partial charge in [0.05, 0.1) is 6.04 Å². The summed E-state index contributed by atoms with van der Waals surface area (Å²) in [4.78, 5) is 12.1. The van der Waals surface area contributed by atoms with E-state index in [-0.39, 0.29) is 5.91 Å². The molecule has 0 radical (unpaired) electrons. The van der Waals surface area contributed by atoms with Gasteiger partial charge in [-0.3, -0.25) is 4.79 Å². The Hall–Kier alpha value is -1.35. The molecule has 0 saturated heterocycles. The Morgan fingerprint density at radius 2 is 1.90 bits per heavy atom. The minimum atomic E-state index is -0.394. The molecule has 3 nitrogen and oxygen atoms in total. The van der Waals surface area contributed by atoms with Gasteiger partial charge in [0.25, 0.3) is 0 Å². The molecule has 0 spiro atoms. The monoisotopic (exact) mass is 288 g/mol. The van der Waals surface area contributed by atoms with Crippen molar-refractivity contribution < 1.29 is 4.79 Å². The van der Waals surface area contributed by atoms with Gasteiger partial charge < -0.3 is 11.1 Å². The Morgan fingerprint density at radius 1 is 1.24 bits per heavy atom. The highest BCUT2D eigenvalue weighted by atomic mass is 16.2. The van der Waals surface area contributed by atoms with Gasteiger partial charge in [-0.2, -0.15) is 0 Å². The molecule has 2 rings (SSSR count). The molecule has 1 saturated carbocycles. The van der Waals surface area contributed by atoms with Gasteiger partial charge >= 0.3 is 0 Å². The summed E-state index contributed by atoms with van der Waals surface area (Å²) in [6.45, 7) is 2.25. The second-order valence-corrected chi connectivity index (χ2v) is 6.27. The first-order valence-corrected chi connectivity index (χ1v) is 8.29. The van der Waals surface area contributed by atoms with Crippen LogP contribution in [0, 0.1) is 5.92 Å². The van der Waals surface area contributed by atoms with Crippen molar-refractivity contribution in [2.24, 2.45) is 11.7 Å². The van der Waals surface area contributed by atoms with Crippen molar-refractivity contribution in [1.29, 1.82) is 0 Å². The second kappa shape index (κ2) is 8.18. The lowest BCUT2D eigenvalue weighted by atomic mass is 9.84. The van der Waals surface area contributed by atoms with Crippen LogP contribution in [0.1, 0.15) is 51.0 Å². The van der Waals surface area contributed by atoms with Gasteiger partial charge in [0.1, 0.15) is 0 Å². The molecule has 3 heteroatoms. The summed E-state index contributed by atoms with van der Waals surface area (Å²) in [5.41, 5.74) is 7.26. The normalized spacial score (nSPS) is 23.5. The average Bonchev–Trinajstić information content (AvgIpc) is 2.54. The third kappa shape index (κ3) is 5.16. The van der Waals surface area contributed by atoms with Crippen molar-refractivity contribution in [1.82, 2.24) is 5.32 Å². The van der Waals surface area contributed by atoms with Crippen LogP contribution in [0.5, 0.6) is 0 Å². The Labute approximate surface area is 128 Å². The number of amides is 1. The zero-order valence-electron chi connectivity index (χ0n) is 13.1. The first-order valence-electron chi connectivity index (χ1n) is 8.29.